The molecule has 8 nitrogen and oxygen atoms in total. The summed E-state index contributed by atoms with van der Waals surface area (Å²) in [5.41, 5.74) is 0.301. The van der Waals surface area contributed by atoms with Crippen molar-refractivity contribution in [3.8, 4) is 5.75 Å². The van der Waals surface area contributed by atoms with Crippen LogP contribution in [0.1, 0.15) is 10.4 Å². The van der Waals surface area contributed by atoms with Gasteiger partial charge in [0.25, 0.3) is 5.91 Å². The van der Waals surface area contributed by atoms with Crippen molar-refractivity contribution >= 4 is 21.8 Å². The first-order valence-electron chi connectivity index (χ1n) is 7.98. The zero-order chi connectivity index (χ0) is 18.4. The standard InChI is InChI=1S/C16H21N3O5S/c1-17(2)16(22)19-7-6-18(13-9-25(23,24)10-14(13)19)15(21)11-4-3-5-12(20)8-11/h3-5,8,13-14,20H,6-7,9-10H2,1-2H3/t13-,14+/m0/s1. The predicted octanol–water partition coefficient (Wildman–Crippen LogP) is -0.00280. The largest absolute Gasteiger partial charge is 0.508 e. The number of rotatable bonds is 1. The Kier molecular flexibility index (Phi) is 4.36. The number of aromatic hydroxyl groups is 1. The Balaban J connectivity index is 1.91. The molecule has 3 rings (SSSR count). The van der Waals surface area contributed by atoms with Crippen molar-refractivity contribution in [2.24, 2.45) is 0 Å². The highest BCUT2D eigenvalue weighted by Crippen LogP contribution is 2.29. The molecule has 2 saturated heterocycles. The number of carbonyl (C=O) groups excluding carboxylic acids is 2. The fourth-order valence-corrected chi connectivity index (χ4v) is 5.49. The maximum absolute atomic E-state index is 12.8. The van der Waals surface area contributed by atoms with E-state index in [1.807, 2.05) is 0 Å². The summed E-state index contributed by atoms with van der Waals surface area (Å²) in [5.74, 6) is -0.650. The molecule has 25 heavy (non-hydrogen) atoms. The Morgan fingerprint density at radius 3 is 2.32 bits per heavy atom. The van der Waals surface area contributed by atoms with E-state index < -0.39 is 21.9 Å². The number of piperazine rings is 1. The Labute approximate surface area is 146 Å². The van der Waals surface area contributed by atoms with Gasteiger partial charge >= 0.3 is 6.03 Å². The van der Waals surface area contributed by atoms with Gasteiger partial charge < -0.3 is 19.8 Å². The first kappa shape index (κ1) is 17.5. The highest BCUT2D eigenvalue weighted by molar-refractivity contribution is 7.91. The van der Waals surface area contributed by atoms with E-state index >= 15 is 0 Å². The second-order valence-electron chi connectivity index (χ2n) is 6.63. The van der Waals surface area contributed by atoms with Crippen LogP contribution >= 0.6 is 0 Å². The summed E-state index contributed by atoms with van der Waals surface area (Å²) >= 11 is 0. The highest BCUT2D eigenvalue weighted by atomic mass is 32.2. The summed E-state index contributed by atoms with van der Waals surface area (Å²) in [6, 6.07) is 4.60. The van der Waals surface area contributed by atoms with Crippen LogP contribution in [0.15, 0.2) is 24.3 Å². The molecule has 2 atom stereocenters. The average molecular weight is 367 g/mol. The second-order valence-corrected chi connectivity index (χ2v) is 8.78. The van der Waals surface area contributed by atoms with E-state index in [1.54, 1.807) is 31.1 Å². The number of amides is 3. The maximum atomic E-state index is 12.8. The highest BCUT2D eigenvalue weighted by Gasteiger charge is 2.49. The number of hydrogen-bond acceptors (Lipinski definition) is 5. The topological polar surface area (TPSA) is 98.2 Å². The van der Waals surface area contributed by atoms with Crippen LogP contribution in [0.2, 0.25) is 0 Å². The van der Waals surface area contributed by atoms with Crippen molar-refractivity contribution in [1.82, 2.24) is 14.7 Å². The third kappa shape index (κ3) is 3.28. The number of hydrogen-bond donors (Lipinski definition) is 1. The van der Waals surface area contributed by atoms with Crippen molar-refractivity contribution in [3.05, 3.63) is 29.8 Å². The molecule has 2 heterocycles. The maximum Gasteiger partial charge on any atom is 0.319 e. The molecule has 0 spiro atoms. The van der Waals surface area contributed by atoms with Crippen molar-refractivity contribution in [2.45, 2.75) is 12.1 Å². The van der Waals surface area contributed by atoms with Crippen LogP contribution in [0.5, 0.6) is 5.75 Å². The van der Waals surface area contributed by atoms with Gasteiger partial charge in [0.15, 0.2) is 9.84 Å². The zero-order valence-corrected chi connectivity index (χ0v) is 14.9. The van der Waals surface area contributed by atoms with E-state index in [0.717, 1.165) is 0 Å². The normalized spacial score (nSPS) is 24.7. The molecule has 2 aliphatic rings. The van der Waals surface area contributed by atoms with Gasteiger partial charge in [0.1, 0.15) is 5.75 Å². The van der Waals surface area contributed by atoms with E-state index in [2.05, 4.69) is 0 Å². The van der Waals surface area contributed by atoms with Gasteiger partial charge in [-0.2, -0.15) is 0 Å². The molecule has 1 N–H and O–H groups in total. The molecule has 1 aromatic carbocycles. The Morgan fingerprint density at radius 1 is 1.12 bits per heavy atom. The molecular formula is C16H21N3O5S. The van der Waals surface area contributed by atoms with E-state index in [0.29, 0.717) is 5.56 Å². The minimum absolute atomic E-state index is 0.0251. The number of sulfone groups is 1. The number of fused-ring (bicyclic) bond motifs is 1. The lowest BCUT2D eigenvalue weighted by Gasteiger charge is -2.44. The zero-order valence-electron chi connectivity index (χ0n) is 14.1. The monoisotopic (exact) mass is 367 g/mol. The number of carbonyl (C=O) groups is 2. The molecule has 9 heteroatoms. The number of phenols is 1. The lowest BCUT2D eigenvalue weighted by atomic mass is 10.0. The summed E-state index contributed by atoms with van der Waals surface area (Å²) in [6.07, 6.45) is 0. The summed E-state index contributed by atoms with van der Waals surface area (Å²) in [4.78, 5) is 29.7. The van der Waals surface area contributed by atoms with E-state index in [9.17, 15) is 23.1 Å². The van der Waals surface area contributed by atoms with Gasteiger partial charge in [-0.15, -0.1) is 0 Å². The summed E-state index contributed by atoms with van der Waals surface area (Å²) in [7, 11) is -0.101. The molecular weight excluding hydrogens is 346 g/mol. The molecule has 1 aromatic rings. The molecule has 2 aliphatic heterocycles. The van der Waals surface area contributed by atoms with E-state index in [-0.39, 0.29) is 42.3 Å². The van der Waals surface area contributed by atoms with Crippen LogP contribution in [0, 0.1) is 0 Å². The van der Waals surface area contributed by atoms with Crippen LogP contribution < -0.4 is 0 Å². The average Bonchev–Trinajstić information content (AvgIpc) is 2.87. The van der Waals surface area contributed by atoms with Gasteiger partial charge in [-0.05, 0) is 18.2 Å². The molecule has 2 fully saturated rings. The molecule has 0 radical (unpaired) electrons. The Bertz CT molecular complexity index is 808. The molecule has 0 bridgehead atoms. The van der Waals surface area contributed by atoms with Crippen LogP contribution in [0.3, 0.4) is 0 Å². The van der Waals surface area contributed by atoms with Gasteiger partial charge in [-0.25, -0.2) is 13.2 Å². The summed E-state index contributed by atoms with van der Waals surface area (Å²) < 4.78 is 24.3. The lowest BCUT2D eigenvalue weighted by Crippen LogP contribution is -2.63. The van der Waals surface area contributed by atoms with Gasteiger partial charge in [0.2, 0.25) is 0 Å². The van der Waals surface area contributed by atoms with Crippen molar-refractivity contribution < 1.29 is 23.1 Å². The lowest BCUT2D eigenvalue weighted by molar-refractivity contribution is 0.0393. The molecule has 136 valence electrons. The van der Waals surface area contributed by atoms with Crippen molar-refractivity contribution in [2.75, 3.05) is 38.7 Å². The molecule has 0 unspecified atom stereocenters. The van der Waals surface area contributed by atoms with Gasteiger partial charge in [0, 0.05) is 32.7 Å². The smallest absolute Gasteiger partial charge is 0.319 e. The van der Waals surface area contributed by atoms with Crippen molar-refractivity contribution in [1.29, 1.82) is 0 Å². The number of nitrogens with zero attached hydrogens (tertiary/aromatic N) is 3. The van der Waals surface area contributed by atoms with Crippen LogP contribution in [-0.2, 0) is 9.84 Å². The summed E-state index contributed by atoms with van der Waals surface area (Å²) in [6.45, 7) is 0.531. The summed E-state index contributed by atoms with van der Waals surface area (Å²) in [5, 5.41) is 9.58. The van der Waals surface area contributed by atoms with Gasteiger partial charge in [-0.3, -0.25) is 4.79 Å². The molecule has 0 aliphatic carbocycles. The Morgan fingerprint density at radius 2 is 1.72 bits per heavy atom. The molecule has 0 aromatic heterocycles. The van der Waals surface area contributed by atoms with Gasteiger partial charge in [0.05, 0.1) is 23.6 Å². The minimum Gasteiger partial charge on any atom is -0.508 e. The number of benzene rings is 1. The third-order valence-electron chi connectivity index (χ3n) is 4.66. The third-order valence-corrected chi connectivity index (χ3v) is 6.36. The fraction of sp³-hybridized carbons (Fsp3) is 0.500. The van der Waals surface area contributed by atoms with Crippen LogP contribution in [0.25, 0.3) is 0 Å². The molecule has 0 saturated carbocycles. The van der Waals surface area contributed by atoms with Gasteiger partial charge in [-0.1, -0.05) is 6.07 Å². The fourth-order valence-electron chi connectivity index (χ4n) is 3.50. The minimum atomic E-state index is -3.33. The number of urea groups is 1. The first-order chi connectivity index (χ1) is 11.7. The van der Waals surface area contributed by atoms with E-state index in [1.165, 1.54) is 21.9 Å². The van der Waals surface area contributed by atoms with Crippen LogP contribution in [-0.4, -0.2) is 90.9 Å². The quantitative estimate of drug-likeness (QED) is 0.753. The molecule has 3 amide bonds. The first-order valence-corrected chi connectivity index (χ1v) is 9.80. The Hall–Kier alpha value is -2.29. The predicted molar refractivity (Wildman–Crippen MR) is 91.2 cm³/mol. The van der Waals surface area contributed by atoms with E-state index in [4.69, 9.17) is 0 Å². The van der Waals surface area contributed by atoms with Crippen LogP contribution in [0.4, 0.5) is 4.79 Å². The SMILES string of the molecule is CN(C)C(=O)N1CCN(C(=O)c2cccc(O)c2)[C@H]2CS(=O)(=O)C[C@H]21. The number of phenolic OH excluding ortho intramolecular Hbond substituents is 1. The second kappa shape index (κ2) is 6.21. The van der Waals surface area contributed by atoms with Crippen molar-refractivity contribution in [3.63, 3.8) is 0 Å².